The van der Waals surface area contributed by atoms with Crippen molar-refractivity contribution in [3.63, 3.8) is 0 Å². The monoisotopic (exact) mass is 368 g/mol. The second-order valence-corrected chi connectivity index (χ2v) is 6.44. The molecule has 4 nitrogen and oxygen atoms in total. The van der Waals surface area contributed by atoms with Crippen molar-refractivity contribution in [1.82, 2.24) is 4.98 Å². The Labute approximate surface area is 163 Å². The molecule has 0 saturated carbocycles. The van der Waals surface area contributed by atoms with Crippen LogP contribution in [0.15, 0.2) is 95.5 Å². The van der Waals surface area contributed by atoms with E-state index in [-0.39, 0.29) is 5.91 Å². The Kier molecular flexibility index (Phi) is 5.29. The molecule has 0 aliphatic rings. The van der Waals surface area contributed by atoms with Crippen LogP contribution in [-0.2, 0) is 11.2 Å². The van der Waals surface area contributed by atoms with E-state index in [0.29, 0.717) is 24.5 Å². The van der Waals surface area contributed by atoms with Crippen molar-refractivity contribution in [2.75, 3.05) is 5.32 Å². The minimum absolute atomic E-state index is 0.0668. The second kappa shape index (κ2) is 8.35. The molecule has 0 radical (unpaired) electrons. The lowest BCUT2D eigenvalue weighted by atomic mass is 10.0. The Morgan fingerprint density at radius 1 is 0.821 bits per heavy atom. The summed E-state index contributed by atoms with van der Waals surface area (Å²) < 4.78 is 5.77. The van der Waals surface area contributed by atoms with Crippen molar-refractivity contribution in [2.24, 2.45) is 0 Å². The van der Waals surface area contributed by atoms with Crippen molar-refractivity contribution < 1.29 is 9.21 Å². The Balaban J connectivity index is 1.40. The molecule has 1 N–H and O–H groups in total. The summed E-state index contributed by atoms with van der Waals surface area (Å²) in [6, 6.07) is 27.6. The first-order chi connectivity index (χ1) is 13.8. The number of rotatable bonds is 6. The molecular weight excluding hydrogens is 348 g/mol. The molecule has 0 aliphatic heterocycles. The first-order valence-electron chi connectivity index (χ1n) is 9.24. The van der Waals surface area contributed by atoms with Gasteiger partial charge in [-0.1, -0.05) is 78.9 Å². The minimum atomic E-state index is -0.0668. The maximum absolute atomic E-state index is 12.5. The third kappa shape index (κ3) is 4.18. The van der Waals surface area contributed by atoms with E-state index in [1.165, 1.54) is 0 Å². The van der Waals surface area contributed by atoms with Gasteiger partial charge in [0.1, 0.15) is 0 Å². The van der Waals surface area contributed by atoms with Gasteiger partial charge in [0.2, 0.25) is 5.91 Å². The van der Waals surface area contributed by atoms with Crippen LogP contribution in [0.4, 0.5) is 5.69 Å². The van der Waals surface area contributed by atoms with Gasteiger partial charge in [-0.2, -0.15) is 0 Å². The van der Waals surface area contributed by atoms with Gasteiger partial charge in [0.15, 0.2) is 11.7 Å². The van der Waals surface area contributed by atoms with Crippen LogP contribution < -0.4 is 5.32 Å². The van der Waals surface area contributed by atoms with Gasteiger partial charge in [-0.15, -0.1) is 0 Å². The molecule has 0 atom stereocenters. The Hall–Kier alpha value is -3.66. The van der Waals surface area contributed by atoms with E-state index in [4.69, 9.17) is 4.42 Å². The highest BCUT2D eigenvalue weighted by Gasteiger charge is 2.11. The largest absolute Gasteiger partial charge is 0.441 e. The summed E-state index contributed by atoms with van der Waals surface area (Å²) >= 11 is 0. The molecule has 4 aromatic rings. The van der Waals surface area contributed by atoms with Gasteiger partial charge in [-0.3, -0.25) is 4.79 Å². The zero-order chi connectivity index (χ0) is 19.2. The lowest BCUT2D eigenvalue weighted by molar-refractivity contribution is -0.116. The number of hydrogen-bond donors (Lipinski definition) is 1. The third-order valence-corrected chi connectivity index (χ3v) is 4.46. The molecule has 28 heavy (non-hydrogen) atoms. The number of nitrogens with one attached hydrogen (secondary N) is 1. The smallest absolute Gasteiger partial charge is 0.224 e. The van der Waals surface area contributed by atoms with Crippen LogP contribution >= 0.6 is 0 Å². The van der Waals surface area contributed by atoms with Crippen LogP contribution in [-0.4, -0.2) is 10.9 Å². The Bertz CT molecular complexity index is 1060. The Morgan fingerprint density at radius 2 is 1.46 bits per heavy atom. The summed E-state index contributed by atoms with van der Waals surface area (Å²) in [6.07, 6.45) is 2.46. The number of hydrogen-bond acceptors (Lipinski definition) is 3. The summed E-state index contributed by atoms with van der Waals surface area (Å²) in [6.45, 7) is 0. The number of aromatic nitrogens is 1. The van der Waals surface area contributed by atoms with E-state index in [1.54, 1.807) is 6.20 Å². The summed E-state index contributed by atoms with van der Waals surface area (Å²) in [5.74, 6) is 1.21. The lowest BCUT2D eigenvalue weighted by Gasteiger charge is -2.11. The molecule has 1 aromatic heterocycles. The average Bonchev–Trinajstić information content (AvgIpc) is 3.23. The molecule has 0 saturated heterocycles. The molecule has 1 heterocycles. The predicted molar refractivity (Wildman–Crippen MR) is 111 cm³/mol. The van der Waals surface area contributed by atoms with Gasteiger partial charge in [0, 0.05) is 29.7 Å². The molecule has 0 unspecified atom stereocenters. The fourth-order valence-electron chi connectivity index (χ4n) is 3.06. The summed E-state index contributed by atoms with van der Waals surface area (Å²) in [4.78, 5) is 16.8. The highest BCUT2D eigenvalue weighted by Crippen LogP contribution is 2.27. The van der Waals surface area contributed by atoms with Gasteiger partial charge in [0.05, 0.1) is 6.20 Å². The quantitative estimate of drug-likeness (QED) is 0.483. The van der Waals surface area contributed by atoms with E-state index < -0.39 is 0 Å². The van der Waals surface area contributed by atoms with E-state index in [9.17, 15) is 4.79 Å². The van der Waals surface area contributed by atoms with Gasteiger partial charge in [-0.05, 0) is 11.6 Å². The second-order valence-electron chi connectivity index (χ2n) is 6.44. The average molecular weight is 368 g/mol. The fourth-order valence-corrected chi connectivity index (χ4v) is 3.06. The molecule has 138 valence electrons. The zero-order valence-corrected chi connectivity index (χ0v) is 15.3. The molecule has 3 aromatic carbocycles. The molecule has 0 fully saturated rings. The van der Waals surface area contributed by atoms with Gasteiger partial charge in [-0.25, -0.2) is 4.98 Å². The SMILES string of the molecule is O=C(CCc1ncc(-c2ccccc2)o1)Nc1ccccc1-c1ccccc1. The molecule has 0 aliphatic carbocycles. The molecule has 4 heteroatoms. The van der Waals surface area contributed by atoms with Crippen molar-refractivity contribution >= 4 is 11.6 Å². The van der Waals surface area contributed by atoms with Crippen LogP contribution in [0.3, 0.4) is 0 Å². The molecular formula is C24H20N2O2. The molecule has 4 rings (SSSR count). The summed E-state index contributed by atoms with van der Waals surface area (Å²) in [5, 5.41) is 3.01. The number of anilines is 1. The van der Waals surface area contributed by atoms with Gasteiger partial charge >= 0.3 is 0 Å². The minimum Gasteiger partial charge on any atom is -0.441 e. The van der Waals surface area contributed by atoms with Crippen LogP contribution in [0.5, 0.6) is 0 Å². The molecule has 0 spiro atoms. The number of carbonyl (C=O) groups is 1. The van der Waals surface area contributed by atoms with E-state index in [2.05, 4.69) is 10.3 Å². The van der Waals surface area contributed by atoms with Crippen molar-refractivity contribution in [3.05, 3.63) is 97.0 Å². The van der Waals surface area contributed by atoms with Crippen LogP contribution in [0.1, 0.15) is 12.3 Å². The van der Waals surface area contributed by atoms with E-state index in [0.717, 1.165) is 22.4 Å². The maximum Gasteiger partial charge on any atom is 0.224 e. The predicted octanol–water partition coefficient (Wildman–Crippen LogP) is 5.58. The summed E-state index contributed by atoms with van der Waals surface area (Å²) in [7, 11) is 0. The van der Waals surface area contributed by atoms with Crippen LogP contribution in [0.2, 0.25) is 0 Å². The summed E-state index contributed by atoms with van der Waals surface area (Å²) in [5.41, 5.74) is 3.84. The number of amides is 1. The fraction of sp³-hybridized carbons (Fsp3) is 0.0833. The number of nitrogens with zero attached hydrogens (tertiary/aromatic N) is 1. The number of oxazole rings is 1. The van der Waals surface area contributed by atoms with Crippen molar-refractivity contribution in [3.8, 4) is 22.5 Å². The standard InChI is InChI=1S/C24H20N2O2/c27-23(15-16-24-25-17-22(28-24)19-11-5-2-6-12-19)26-21-14-8-7-13-20(21)18-9-3-1-4-10-18/h1-14,17H,15-16H2,(H,26,27). The number of benzene rings is 3. The maximum atomic E-state index is 12.5. The van der Waals surface area contributed by atoms with Crippen molar-refractivity contribution in [2.45, 2.75) is 12.8 Å². The van der Waals surface area contributed by atoms with Crippen LogP contribution in [0, 0.1) is 0 Å². The van der Waals surface area contributed by atoms with Gasteiger partial charge < -0.3 is 9.73 Å². The topological polar surface area (TPSA) is 55.1 Å². The highest BCUT2D eigenvalue weighted by molar-refractivity contribution is 5.95. The van der Waals surface area contributed by atoms with E-state index in [1.807, 2.05) is 84.9 Å². The zero-order valence-electron chi connectivity index (χ0n) is 15.3. The molecule has 1 amide bonds. The van der Waals surface area contributed by atoms with Crippen LogP contribution in [0.25, 0.3) is 22.5 Å². The number of para-hydroxylation sites is 1. The molecule has 0 bridgehead atoms. The Morgan fingerprint density at radius 3 is 2.21 bits per heavy atom. The highest BCUT2D eigenvalue weighted by atomic mass is 16.4. The van der Waals surface area contributed by atoms with E-state index >= 15 is 0 Å². The number of aryl methyl sites for hydroxylation is 1. The van der Waals surface area contributed by atoms with Crippen molar-refractivity contribution in [1.29, 1.82) is 0 Å². The first-order valence-corrected chi connectivity index (χ1v) is 9.24. The number of carbonyl (C=O) groups excluding carboxylic acids is 1. The normalized spacial score (nSPS) is 10.6. The lowest BCUT2D eigenvalue weighted by Crippen LogP contribution is -2.13. The first kappa shape index (κ1) is 17.7. The van der Waals surface area contributed by atoms with Gasteiger partial charge in [0.25, 0.3) is 0 Å². The third-order valence-electron chi connectivity index (χ3n) is 4.46.